The van der Waals surface area contributed by atoms with Gasteiger partial charge in [-0.05, 0) is 37.4 Å². The number of benzene rings is 1. The summed E-state index contributed by atoms with van der Waals surface area (Å²) < 4.78 is 0. The second-order valence-corrected chi connectivity index (χ2v) is 4.95. The van der Waals surface area contributed by atoms with Crippen LogP contribution >= 0.6 is 0 Å². The van der Waals surface area contributed by atoms with E-state index in [1.54, 1.807) is 0 Å². The molecule has 2 nitrogen and oxygen atoms in total. The molecular formula is C14H22N2. The van der Waals surface area contributed by atoms with Crippen LogP contribution in [0.3, 0.4) is 0 Å². The van der Waals surface area contributed by atoms with Crippen LogP contribution < -0.4 is 5.73 Å². The molecule has 1 heterocycles. The zero-order valence-electron chi connectivity index (χ0n) is 10.1. The van der Waals surface area contributed by atoms with Crippen LogP contribution in [0.5, 0.6) is 0 Å². The van der Waals surface area contributed by atoms with Gasteiger partial charge in [0.25, 0.3) is 0 Å². The molecule has 1 fully saturated rings. The molecule has 1 aromatic carbocycles. The van der Waals surface area contributed by atoms with Crippen molar-refractivity contribution in [3.05, 3.63) is 35.9 Å². The lowest BCUT2D eigenvalue weighted by atomic mass is 9.98. The number of likely N-dealkylation sites (tertiary alicyclic amines) is 1. The molecule has 1 aromatic rings. The zero-order chi connectivity index (χ0) is 11.4. The summed E-state index contributed by atoms with van der Waals surface area (Å²) in [6.07, 6.45) is 2.40. The predicted octanol–water partition coefficient (Wildman–Crippen LogP) is 2.21. The van der Waals surface area contributed by atoms with Gasteiger partial charge >= 0.3 is 0 Å². The van der Waals surface area contributed by atoms with Gasteiger partial charge in [0.1, 0.15) is 0 Å². The summed E-state index contributed by atoms with van der Waals surface area (Å²) in [6.45, 7) is 5.76. The summed E-state index contributed by atoms with van der Waals surface area (Å²) in [5.41, 5.74) is 7.35. The molecule has 2 rings (SSSR count). The minimum Gasteiger partial charge on any atom is -0.326 e. The maximum absolute atomic E-state index is 5.90. The van der Waals surface area contributed by atoms with Crippen LogP contribution in [0.4, 0.5) is 0 Å². The Morgan fingerprint density at radius 3 is 2.75 bits per heavy atom. The topological polar surface area (TPSA) is 29.3 Å². The average Bonchev–Trinajstić information content (AvgIpc) is 2.73. The number of nitrogens with two attached hydrogens (primary N) is 1. The van der Waals surface area contributed by atoms with Crippen LogP contribution in [-0.4, -0.2) is 30.6 Å². The van der Waals surface area contributed by atoms with E-state index in [4.69, 9.17) is 5.73 Å². The van der Waals surface area contributed by atoms with E-state index in [0.29, 0.717) is 12.0 Å². The molecular weight excluding hydrogens is 196 g/mol. The largest absolute Gasteiger partial charge is 0.326 e. The van der Waals surface area contributed by atoms with Crippen molar-refractivity contribution in [2.75, 3.05) is 19.6 Å². The first-order chi connectivity index (χ1) is 7.75. The highest BCUT2D eigenvalue weighted by atomic mass is 15.2. The molecule has 16 heavy (non-hydrogen) atoms. The lowest BCUT2D eigenvalue weighted by Crippen LogP contribution is -2.27. The molecule has 0 spiro atoms. The molecule has 2 heteroatoms. The highest BCUT2D eigenvalue weighted by molar-refractivity contribution is 5.18. The Balaban J connectivity index is 1.78. The van der Waals surface area contributed by atoms with Gasteiger partial charge in [-0.3, -0.25) is 0 Å². The Morgan fingerprint density at radius 2 is 2.12 bits per heavy atom. The third kappa shape index (κ3) is 3.06. The van der Waals surface area contributed by atoms with Crippen molar-refractivity contribution in [2.24, 2.45) is 5.73 Å². The van der Waals surface area contributed by atoms with E-state index in [9.17, 15) is 0 Å². The van der Waals surface area contributed by atoms with Gasteiger partial charge in [-0.2, -0.15) is 0 Å². The van der Waals surface area contributed by atoms with Gasteiger partial charge in [-0.15, -0.1) is 0 Å². The molecule has 0 radical (unpaired) electrons. The van der Waals surface area contributed by atoms with E-state index in [-0.39, 0.29) is 0 Å². The van der Waals surface area contributed by atoms with Crippen molar-refractivity contribution >= 4 is 0 Å². The van der Waals surface area contributed by atoms with Crippen LogP contribution in [0.25, 0.3) is 0 Å². The Labute approximate surface area is 98.4 Å². The van der Waals surface area contributed by atoms with Crippen molar-refractivity contribution in [3.63, 3.8) is 0 Å². The van der Waals surface area contributed by atoms with E-state index < -0.39 is 0 Å². The summed E-state index contributed by atoms with van der Waals surface area (Å²) in [5.74, 6) is 0.651. The van der Waals surface area contributed by atoms with Crippen LogP contribution in [0.15, 0.2) is 30.3 Å². The molecule has 0 bridgehead atoms. The number of hydrogen-bond acceptors (Lipinski definition) is 2. The monoisotopic (exact) mass is 218 g/mol. The van der Waals surface area contributed by atoms with Crippen molar-refractivity contribution in [1.82, 2.24) is 4.90 Å². The van der Waals surface area contributed by atoms with Crippen molar-refractivity contribution in [3.8, 4) is 0 Å². The summed E-state index contributed by atoms with van der Waals surface area (Å²) in [7, 11) is 0. The molecule has 0 aliphatic carbocycles. The average molecular weight is 218 g/mol. The summed E-state index contributed by atoms with van der Waals surface area (Å²) in [5, 5.41) is 0. The van der Waals surface area contributed by atoms with Crippen LogP contribution in [-0.2, 0) is 0 Å². The Bertz CT molecular complexity index is 310. The minimum atomic E-state index is 0.409. The molecule has 0 amide bonds. The molecule has 88 valence electrons. The first-order valence-corrected chi connectivity index (χ1v) is 6.28. The molecule has 1 saturated heterocycles. The molecule has 0 aromatic heterocycles. The van der Waals surface area contributed by atoms with Gasteiger partial charge in [0.05, 0.1) is 0 Å². The molecule has 2 unspecified atom stereocenters. The van der Waals surface area contributed by atoms with Crippen molar-refractivity contribution in [2.45, 2.75) is 31.7 Å². The molecule has 1 aliphatic rings. The number of hydrogen-bond donors (Lipinski definition) is 1. The molecule has 1 aliphatic heterocycles. The number of nitrogens with zero attached hydrogens (tertiary/aromatic N) is 1. The Hall–Kier alpha value is -0.860. The lowest BCUT2D eigenvalue weighted by molar-refractivity contribution is 0.320. The van der Waals surface area contributed by atoms with Crippen LogP contribution in [0.2, 0.25) is 0 Å². The van der Waals surface area contributed by atoms with Crippen LogP contribution in [0, 0.1) is 0 Å². The molecule has 0 saturated carbocycles. The molecule has 2 N–H and O–H groups in total. The molecule has 2 atom stereocenters. The first kappa shape index (κ1) is 11.6. The fraction of sp³-hybridized carbons (Fsp3) is 0.571. The Morgan fingerprint density at radius 1 is 1.38 bits per heavy atom. The van der Waals surface area contributed by atoms with Gasteiger partial charge in [-0.1, -0.05) is 37.3 Å². The third-order valence-electron chi connectivity index (χ3n) is 3.56. The summed E-state index contributed by atoms with van der Waals surface area (Å²) in [4.78, 5) is 2.49. The Kier molecular flexibility index (Phi) is 3.97. The SMILES string of the molecule is CC(CCN1CCC(N)C1)c1ccccc1. The van der Waals surface area contributed by atoms with Gasteiger partial charge in [0.2, 0.25) is 0 Å². The second kappa shape index (κ2) is 5.46. The maximum atomic E-state index is 5.90. The highest BCUT2D eigenvalue weighted by Gasteiger charge is 2.19. The standard InChI is InChI=1S/C14H22N2/c1-12(13-5-3-2-4-6-13)7-9-16-10-8-14(15)11-16/h2-6,12,14H,7-11,15H2,1H3. The van der Waals surface area contributed by atoms with Gasteiger partial charge < -0.3 is 10.6 Å². The second-order valence-electron chi connectivity index (χ2n) is 4.95. The van der Waals surface area contributed by atoms with Gasteiger partial charge in [0, 0.05) is 12.6 Å². The fourth-order valence-electron chi connectivity index (χ4n) is 2.39. The lowest BCUT2D eigenvalue weighted by Gasteiger charge is -2.18. The van der Waals surface area contributed by atoms with Crippen LogP contribution in [0.1, 0.15) is 31.2 Å². The normalized spacial score (nSPS) is 23.5. The summed E-state index contributed by atoms with van der Waals surface area (Å²) in [6, 6.07) is 11.2. The highest BCUT2D eigenvalue weighted by Crippen LogP contribution is 2.19. The minimum absolute atomic E-state index is 0.409. The maximum Gasteiger partial charge on any atom is 0.0180 e. The first-order valence-electron chi connectivity index (χ1n) is 6.28. The van der Waals surface area contributed by atoms with Gasteiger partial charge in [0.15, 0.2) is 0 Å². The zero-order valence-corrected chi connectivity index (χ0v) is 10.1. The predicted molar refractivity (Wildman–Crippen MR) is 68.5 cm³/mol. The van der Waals surface area contributed by atoms with E-state index in [1.165, 1.54) is 31.5 Å². The van der Waals surface area contributed by atoms with E-state index in [0.717, 1.165) is 6.54 Å². The summed E-state index contributed by atoms with van der Waals surface area (Å²) >= 11 is 0. The van der Waals surface area contributed by atoms with E-state index in [1.807, 2.05) is 0 Å². The smallest absolute Gasteiger partial charge is 0.0180 e. The van der Waals surface area contributed by atoms with Crippen molar-refractivity contribution in [1.29, 1.82) is 0 Å². The third-order valence-corrected chi connectivity index (χ3v) is 3.56. The van der Waals surface area contributed by atoms with E-state index >= 15 is 0 Å². The number of rotatable bonds is 4. The fourth-order valence-corrected chi connectivity index (χ4v) is 2.39. The van der Waals surface area contributed by atoms with E-state index in [2.05, 4.69) is 42.2 Å². The quantitative estimate of drug-likeness (QED) is 0.839. The van der Waals surface area contributed by atoms with Gasteiger partial charge in [-0.25, -0.2) is 0 Å². The van der Waals surface area contributed by atoms with Crippen molar-refractivity contribution < 1.29 is 0 Å².